The Labute approximate surface area is 164 Å². The van der Waals surface area contributed by atoms with Gasteiger partial charge in [0.25, 0.3) is 5.91 Å². The normalized spacial score (nSPS) is 10.9. The van der Waals surface area contributed by atoms with Crippen LogP contribution in [-0.4, -0.2) is 27.0 Å². The van der Waals surface area contributed by atoms with Crippen LogP contribution in [0.15, 0.2) is 73.3 Å². The van der Waals surface area contributed by atoms with E-state index in [1.54, 1.807) is 12.5 Å². The number of pyridine rings is 1. The zero-order valence-corrected chi connectivity index (χ0v) is 15.8. The third-order valence-electron chi connectivity index (χ3n) is 4.85. The van der Waals surface area contributed by atoms with E-state index in [9.17, 15) is 4.79 Å². The van der Waals surface area contributed by atoms with Gasteiger partial charge in [-0.15, -0.1) is 0 Å². The van der Waals surface area contributed by atoms with Crippen molar-refractivity contribution in [1.82, 2.24) is 19.9 Å². The molecule has 0 unspecified atom stereocenters. The van der Waals surface area contributed by atoms with E-state index < -0.39 is 0 Å². The van der Waals surface area contributed by atoms with Gasteiger partial charge in [-0.05, 0) is 25.0 Å². The van der Waals surface area contributed by atoms with Gasteiger partial charge in [-0.3, -0.25) is 4.79 Å². The number of carbonyl (C=O) groups is 1. The van der Waals surface area contributed by atoms with Gasteiger partial charge in [0.2, 0.25) is 0 Å². The third kappa shape index (κ3) is 3.64. The zero-order chi connectivity index (χ0) is 19.3. The molecule has 4 aromatic rings. The van der Waals surface area contributed by atoms with Crippen molar-refractivity contribution in [3.63, 3.8) is 0 Å². The lowest BCUT2D eigenvalue weighted by Crippen LogP contribution is -2.26. The molecule has 2 aromatic heterocycles. The quantitative estimate of drug-likeness (QED) is 0.517. The second-order valence-corrected chi connectivity index (χ2v) is 6.75. The van der Waals surface area contributed by atoms with E-state index >= 15 is 0 Å². The minimum Gasteiger partial charge on any atom is -0.352 e. The highest BCUT2D eigenvalue weighted by Gasteiger charge is 2.18. The molecule has 140 valence electrons. The average Bonchev–Trinajstić information content (AvgIpc) is 3.25. The van der Waals surface area contributed by atoms with Crippen molar-refractivity contribution in [2.75, 3.05) is 6.54 Å². The molecule has 5 heteroatoms. The van der Waals surface area contributed by atoms with Gasteiger partial charge in [0, 0.05) is 36.4 Å². The molecule has 0 aliphatic rings. The molecule has 2 heterocycles. The largest absolute Gasteiger partial charge is 0.352 e. The molecule has 28 heavy (non-hydrogen) atoms. The standard InChI is InChI=1S/C23H22N4O/c1-17-21(23(28)25-12-7-14-27-15-13-24-16-27)19-10-5-6-11-20(19)26-22(17)18-8-3-2-4-9-18/h2-6,8-11,13,15-16H,7,12,14H2,1H3,(H,25,28). The number of nitrogens with one attached hydrogen (secondary N) is 1. The first kappa shape index (κ1) is 17.9. The number of rotatable bonds is 6. The molecule has 0 fully saturated rings. The Morgan fingerprint density at radius 1 is 1.07 bits per heavy atom. The van der Waals surface area contributed by atoms with Crippen LogP contribution >= 0.6 is 0 Å². The molecule has 1 amide bonds. The minimum atomic E-state index is -0.0566. The van der Waals surface area contributed by atoms with Gasteiger partial charge < -0.3 is 9.88 Å². The van der Waals surface area contributed by atoms with Gasteiger partial charge in [-0.1, -0.05) is 48.5 Å². The fourth-order valence-corrected chi connectivity index (χ4v) is 3.45. The van der Waals surface area contributed by atoms with Gasteiger partial charge in [0.05, 0.1) is 23.1 Å². The fraction of sp³-hybridized carbons (Fsp3) is 0.174. The Hall–Kier alpha value is -3.47. The van der Waals surface area contributed by atoms with Crippen molar-refractivity contribution >= 4 is 16.8 Å². The van der Waals surface area contributed by atoms with Gasteiger partial charge in [-0.25, -0.2) is 9.97 Å². The number of carbonyl (C=O) groups excluding carboxylic acids is 1. The third-order valence-corrected chi connectivity index (χ3v) is 4.85. The van der Waals surface area contributed by atoms with Crippen LogP contribution in [0, 0.1) is 6.92 Å². The molecule has 0 radical (unpaired) electrons. The van der Waals surface area contributed by atoms with E-state index in [0.717, 1.165) is 40.7 Å². The maximum atomic E-state index is 13.1. The number of hydrogen-bond acceptors (Lipinski definition) is 3. The van der Waals surface area contributed by atoms with Crippen molar-refractivity contribution in [3.8, 4) is 11.3 Å². The van der Waals surface area contributed by atoms with E-state index in [-0.39, 0.29) is 5.91 Å². The lowest BCUT2D eigenvalue weighted by molar-refractivity contribution is 0.0954. The SMILES string of the molecule is Cc1c(-c2ccccc2)nc2ccccc2c1C(=O)NCCCn1ccnc1. The van der Waals surface area contributed by atoms with E-state index in [1.807, 2.05) is 72.3 Å². The smallest absolute Gasteiger partial charge is 0.252 e. The summed E-state index contributed by atoms with van der Waals surface area (Å²) in [4.78, 5) is 21.9. The zero-order valence-electron chi connectivity index (χ0n) is 15.8. The monoisotopic (exact) mass is 370 g/mol. The van der Waals surface area contributed by atoms with Crippen LogP contribution in [-0.2, 0) is 6.54 Å². The molecule has 0 saturated heterocycles. The Bertz CT molecular complexity index is 1090. The van der Waals surface area contributed by atoms with Crippen molar-refractivity contribution in [1.29, 1.82) is 0 Å². The molecule has 0 bridgehead atoms. The van der Waals surface area contributed by atoms with Gasteiger partial charge in [0.1, 0.15) is 0 Å². The lowest BCUT2D eigenvalue weighted by Gasteiger charge is -2.15. The molecule has 0 aliphatic heterocycles. The number of fused-ring (bicyclic) bond motifs is 1. The highest BCUT2D eigenvalue weighted by atomic mass is 16.1. The predicted octanol–water partition coefficient (Wildman–Crippen LogP) is 4.23. The molecule has 4 rings (SSSR count). The summed E-state index contributed by atoms with van der Waals surface area (Å²) in [6.45, 7) is 3.40. The predicted molar refractivity (Wildman–Crippen MR) is 111 cm³/mol. The molecule has 5 nitrogen and oxygen atoms in total. The van der Waals surface area contributed by atoms with Crippen LogP contribution < -0.4 is 5.32 Å². The Kier molecular flexibility index (Phi) is 5.15. The highest BCUT2D eigenvalue weighted by Crippen LogP contribution is 2.29. The van der Waals surface area contributed by atoms with Crippen LogP contribution in [0.25, 0.3) is 22.2 Å². The summed E-state index contributed by atoms with van der Waals surface area (Å²) in [6.07, 6.45) is 6.31. The molecule has 0 spiro atoms. The molecule has 1 N–H and O–H groups in total. The molecule has 2 aromatic carbocycles. The molecular formula is C23H22N4O. The number of nitrogens with zero attached hydrogens (tertiary/aromatic N) is 3. The van der Waals surface area contributed by atoms with Crippen LogP contribution in [0.2, 0.25) is 0 Å². The molecular weight excluding hydrogens is 348 g/mol. The molecule has 0 atom stereocenters. The van der Waals surface area contributed by atoms with E-state index in [2.05, 4.69) is 10.3 Å². The first-order valence-corrected chi connectivity index (χ1v) is 9.43. The van der Waals surface area contributed by atoms with Gasteiger partial charge in [-0.2, -0.15) is 0 Å². The van der Waals surface area contributed by atoms with Crippen LogP contribution in [0.1, 0.15) is 22.3 Å². The number of imidazole rings is 1. The van der Waals surface area contributed by atoms with E-state index in [1.165, 1.54) is 0 Å². The Balaban J connectivity index is 1.63. The number of benzene rings is 2. The minimum absolute atomic E-state index is 0.0566. The molecule has 0 aliphatic carbocycles. The van der Waals surface area contributed by atoms with Crippen LogP contribution in [0.5, 0.6) is 0 Å². The molecule has 0 saturated carbocycles. The maximum Gasteiger partial charge on any atom is 0.252 e. The summed E-state index contributed by atoms with van der Waals surface area (Å²) in [5, 5.41) is 3.95. The van der Waals surface area contributed by atoms with Gasteiger partial charge in [0.15, 0.2) is 0 Å². The second kappa shape index (κ2) is 8.05. The average molecular weight is 370 g/mol. The van der Waals surface area contributed by atoms with E-state index in [4.69, 9.17) is 4.98 Å². The topological polar surface area (TPSA) is 59.8 Å². The van der Waals surface area contributed by atoms with Crippen LogP contribution in [0.4, 0.5) is 0 Å². The Morgan fingerprint density at radius 2 is 1.86 bits per heavy atom. The number of hydrogen-bond donors (Lipinski definition) is 1. The van der Waals surface area contributed by atoms with E-state index in [0.29, 0.717) is 12.1 Å². The summed E-state index contributed by atoms with van der Waals surface area (Å²) in [5.74, 6) is -0.0566. The summed E-state index contributed by atoms with van der Waals surface area (Å²) < 4.78 is 2.01. The fourth-order valence-electron chi connectivity index (χ4n) is 3.45. The summed E-state index contributed by atoms with van der Waals surface area (Å²) in [6, 6.07) is 17.8. The first-order chi connectivity index (χ1) is 13.7. The van der Waals surface area contributed by atoms with Crippen molar-refractivity contribution in [3.05, 3.63) is 84.4 Å². The number of aryl methyl sites for hydroxylation is 1. The van der Waals surface area contributed by atoms with Crippen LogP contribution in [0.3, 0.4) is 0 Å². The highest BCUT2D eigenvalue weighted by molar-refractivity contribution is 6.08. The lowest BCUT2D eigenvalue weighted by atomic mass is 9.97. The second-order valence-electron chi connectivity index (χ2n) is 6.75. The number of aromatic nitrogens is 3. The maximum absolute atomic E-state index is 13.1. The van der Waals surface area contributed by atoms with Gasteiger partial charge >= 0.3 is 0 Å². The Morgan fingerprint density at radius 3 is 2.64 bits per heavy atom. The van der Waals surface area contributed by atoms with Crippen molar-refractivity contribution < 1.29 is 4.79 Å². The summed E-state index contributed by atoms with van der Waals surface area (Å²) in [7, 11) is 0. The van der Waals surface area contributed by atoms with Crippen molar-refractivity contribution in [2.45, 2.75) is 19.9 Å². The number of para-hydroxylation sites is 1. The summed E-state index contributed by atoms with van der Waals surface area (Å²) in [5.41, 5.74) is 4.29. The van der Waals surface area contributed by atoms with Crippen molar-refractivity contribution in [2.24, 2.45) is 0 Å². The number of amides is 1. The first-order valence-electron chi connectivity index (χ1n) is 9.43. The summed E-state index contributed by atoms with van der Waals surface area (Å²) >= 11 is 0.